The summed E-state index contributed by atoms with van der Waals surface area (Å²) < 4.78 is 0.961. The van der Waals surface area contributed by atoms with E-state index in [9.17, 15) is 9.90 Å². The Kier molecular flexibility index (Phi) is 5.15. The van der Waals surface area contributed by atoms with Gasteiger partial charge in [0.15, 0.2) is 0 Å². The zero-order chi connectivity index (χ0) is 12.9. The molecule has 2 N–H and O–H groups in total. The first-order valence-electron chi connectivity index (χ1n) is 5.65. The summed E-state index contributed by atoms with van der Waals surface area (Å²) in [6.07, 6.45) is 1.03. The SMILES string of the molecule is CCC(C)(CO)NC(=O)Cc1cccc(Br)c1. The molecule has 1 aromatic carbocycles. The Bertz CT molecular complexity index is 389. The maximum Gasteiger partial charge on any atom is 0.224 e. The fraction of sp³-hybridized carbons (Fsp3) is 0.462. The number of aliphatic hydroxyl groups excluding tert-OH is 1. The highest BCUT2D eigenvalue weighted by Crippen LogP contribution is 2.13. The number of aliphatic hydroxyl groups is 1. The summed E-state index contributed by atoms with van der Waals surface area (Å²) in [5.74, 6) is -0.0681. The predicted octanol–water partition coefficient (Wildman–Crippen LogP) is 2.27. The van der Waals surface area contributed by atoms with Crippen molar-refractivity contribution >= 4 is 21.8 Å². The van der Waals surface area contributed by atoms with E-state index in [1.807, 2.05) is 38.1 Å². The largest absolute Gasteiger partial charge is 0.394 e. The molecule has 0 saturated heterocycles. The minimum absolute atomic E-state index is 0.0479. The first-order chi connectivity index (χ1) is 7.99. The zero-order valence-corrected chi connectivity index (χ0v) is 11.8. The van der Waals surface area contributed by atoms with Gasteiger partial charge in [-0.1, -0.05) is 35.0 Å². The molecule has 0 aliphatic heterocycles. The number of benzene rings is 1. The van der Waals surface area contributed by atoms with E-state index in [-0.39, 0.29) is 12.5 Å². The van der Waals surface area contributed by atoms with Gasteiger partial charge in [-0.25, -0.2) is 0 Å². The molecule has 17 heavy (non-hydrogen) atoms. The van der Waals surface area contributed by atoms with Crippen molar-refractivity contribution in [3.63, 3.8) is 0 Å². The highest BCUT2D eigenvalue weighted by atomic mass is 79.9. The zero-order valence-electron chi connectivity index (χ0n) is 10.2. The van der Waals surface area contributed by atoms with E-state index in [0.29, 0.717) is 12.8 Å². The molecule has 1 unspecified atom stereocenters. The quantitative estimate of drug-likeness (QED) is 0.876. The average molecular weight is 300 g/mol. The minimum Gasteiger partial charge on any atom is -0.394 e. The lowest BCUT2D eigenvalue weighted by Gasteiger charge is -2.27. The van der Waals surface area contributed by atoms with Crippen molar-refractivity contribution in [1.29, 1.82) is 0 Å². The van der Waals surface area contributed by atoms with Gasteiger partial charge in [0.2, 0.25) is 5.91 Å². The van der Waals surface area contributed by atoms with Crippen molar-refractivity contribution in [1.82, 2.24) is 5.32 Å². The molecule has 1 aromatic rings. The topological polar surface area (TPSA) is 49.3 Å². The summed E-state index contributed by atoms with van der Waals surface area (Å²) in [5, 5.41) is 12.1. The Hall–Kier alpha value is -0.870. The third-order valence-corrected chi connectivity index (χ3v) is 3.32. The molecule has 1 rings (SSSR count). The molecule has 1 atom stereocenters. The third-order valence-electron chi connectivity index (χ3n) is 2.82. The fourth-order valence-electron chi connectivity index (χ4n) is 1.45. The molecule has 0 bridgehead atoms. The second-order valence-electron chi connectivity index (χ2n) is 4.43. The monoisotopic (exact) mass is 299 g/mol. The van der Waals surface area contributed by atoms with Crippen molar-refractivity contribution in [2.75, 3.05) is 6.61 Å². The lowest BCUT2D eigenvalue weighted by molar-refractivity contribution is -0.122. The van der Waals surface area contributed by atoms with E-state index < -0.39 is 5.54 Å². The van der Waals surface area contributed by atoms with Crippen LogP contribution in [-0.2, 0) is 11.2 Å². The van der Waals surface area contributed by atoms with Crippen molar-refractivity contribution in [2.24, 2.45) is 0 Å². The molecule has 0 aromatic heterocycles. The first kappa shape index (κ1) is 14.2. The first-order valence-corrected chi connectivity index (χ1v) is 6.45. The van der Waals surface area contributed by atoms with E-state index in [2.05, 4.69) is 21.2 Å². The Morgan fingerprint density at radius 1 is 1.53 bits per heavy atom. The number of hydrogen-bond acceptors (Lipinski definition) is 2. The molecular weight excluding hydrogens is 282 g/mol. The van der Waals surface area contributed by atoms with Crippen LogP contribution in [0.1, 0.15) is 25.8 Å². The molecule has 0 aliphatic rings. The van der Waals surface area contributed by atoms with Gasteiger partial charge in [0.1, 0.15) is 0 Å². The van der Waals surface area contributed by atoms with Crippen LogP contribution in [0, 0.1) is 0 Å². The molecule has 3 nitrogen and oxygen atoms in total. The van der Waals surface area contributed by atoms with Gasteiger partial charge in [0.25, 0.3) is 0 Å². The Labute approximate surface area is 110 Å². The fourth-order valence-corrected chi connectivity index (χ4v) is 1.90. The van der Waals surface area contributed by atoms with Crippen LogP contribution in [0.2, 0.25) is 0 Å². The predicted molar refractivity (Wildman–Crippen MR) is 71.8 cm³/mol. The summed E-state index contributed by atoms with van der Waals surface area (Å²) in [6, 6.07) is 7.65. The summed E-state index contributed by atoms with van der Waals surface area (Å²) >= 11 is 3.37. The van der Waals surface area contributed by atoms with E-state index in [1.54, 1.807) is 0 Å². The van der Waals surface area contributed by atoms with Crippen LogP contribution in [0.5, 0.6) is 0 Å². The molecule has 1 amide bonds. The lowest BCUT2D eigenvalue weighted by atomic mass is 9.99. The van der Waals surface area contributed by atoms with Crippen molar-refractivity contribution in [3.8, 4) is 0 Å². The van der Waals surface area contributed by atoms with E-state index in [4.69, 9.17) is 0 Å². The molecule has 0 radical (unpaired) electrons. The molecule has 0 heterocycles. The van der Waals surface area contributed by atoms with E-state index >= 15 is 0 Å². The lowest BCUT2D eigenvalue weighted by Crippen LogP contribution is -2.48. The van der Waals surface area contributed by atoms with Gasteiger partial charge in [0, 0.05) is 4.47 Å². The molecule has 0 spiro atoms. The maximum absolute atomic E-state index is 11.8. The van der Waals surface area contributed by atoms with Gasteiger partial charge in [-0.3, -0.25) is 4.79 Å². The summed E-state index contributed by atoms with van der Waals surface area (Å²) in [5.41, 5.74) is 0.427. The molecule has 0 fully saturated rings. The van der Waals surface area contributed by atoms with Gasteiger partial charge in [-0.2, -0.15) is 0 Å². The second-order valence-corrected chi connectivity index (χ2v) is 5.34. The van der Waals surface area contributed by atoms with Crippen LogP contribution < -0.4 is 5.32 Å². The minimum atomic E-state index is -0.525. The number of halogens is 1. The average Bonchev–Trinajstić information content (AvgIpc) is 2.28. The number of carbonyl (C=O) groups excluding carboxylic acids is 1. The number of nitrogens with one attached hydrogen (secondary N) is 1. The number of carbonyl (C=O) groups is 1. The maximum atomic E-state index is 11.8. The summed E-state index contributed by atoms with van der Waals surface area (Å²) in [4.78, 5) is 11.8. The van der Waals surface area contributed by atoms with Gasteiger partial charge in [-0.05, 0) is 31.0 Å². The normalized spacial score (nSPS) is 14.1. The summed E-state index contributed by atoms with van der Waals surface area (Å²) in [6.45, 7) is 3.73. The van der Waals surface area contributed by atoms with Crippen molar-refractivity contribution < 1.29 is 9.90 Å². The van der Waals surface area contributed by atoms with Crippen molar-refractivity contribution in [2.45, 2.75) is 32.2 Å². The Balaban J connectivity index is 2.61. The van der Waals surface area contributed by atoms with Gasteiger partial charge >= 0.3 is 0 Å². The van der Waals surface area contributed by atoms with Crippen LogP contribution >= 0.6 is 15.9 Å². The van der Waals surface area contributed by atoms with Gasteiger partial charge < -0.3 is 10.4 Å². The van der Waals surface area contributed by atoms with E-state index in [0.717, 1.165) is 10.0 Å². The number of hydrogen-bond donors (Lipinski definition) is 2. The van der Waals surface area contributed by atoms with Crippen LogP contribution in [0.15, 0.2) is 28.7 Å². The van der Waals surface area contributed by atoms with Crippen LogP contribution in [0.4, 0.5) is 0 Å². The van der Waals surface area contributed by atoms with E-state index in [1.165, 1.54) is 0 Å². The molecule has 0 saturated carbocycles. The smallest absolute Gasteiger partial charge is 0.224 e. The molecule has 4 heteroatoms. The Morgan fingerprint density at radius 2 is 2.24 bits per heavy atom. The number of amides is 1. The molecule has 0 aliphatic carbocycles. The van der Waals surface area contributed by atoms with Gasteiger partial charge in [0.05, 0.1) is 18.6 Å². The molecule has 94 valence electrons. The van der Waals surface area contributed by atoms with Gasteiger partial charge in [-0.15, -0.1) is 0 Å². The Morgan fingerprint density at radius 3 is 2.76 bits per heavy atom. The highest BCUT2D eigenvalue weighted by Gasteiger charge is 2.22. The second kappa shape index (κ2) is 6.17. The third kappa shape index (κ3) is 4.48. The van der Waals surface area contributed by atoms with Crippen molar-refractivity contribution in [3.05, 3.63) is 34.3 Å². The van der Waals surface area contributed by atoms with Crippen LogP contribution in [0.25, 0.3) is 0 Å². The summed E-state index contributed by atoms with van der Waals surface area (Å²) in [7, 11) is 0. The van der Waals surface area contributed by atoms with Crippen LogP contribution in [-0.4, -0.2) is 23.2 Å². The highest BCUT2D eigenvalue weighted by molar-refractivity contribution is 9.10. The standard InChI is InChI=1S/C13H18BrNO2/c1-3-13(2,9-16)15-12(17)8-10-5-4-6-11(14)7-10/h4-7,16H,3,8-9H2,1-2H3,(H,15,17). The van der Waals surface area contributed by atoms with Crippen LogP contribution in [0.3, 0.4) is 0 Å². The number of rotatable bonds is 5. The molecular formula is C13H18BrNO2.